The Morgan fingerprint density at radius 3 is 2.88 bits per heavy atom. The molecule has 6 heteroatoms. The van der Waals surface area contributed by atoms with Crippen LogP contribution in [0.25, 0.3) is 0 Å². The number of urea groups is 1. The van der Waals surface area contributed by atoms with Crippen molar-refractivity contribution in [3.05, 3.63) is 51.5 Å². The molecule has 2 aliphatic heterocycles. The van der Waals surface area contributed by atoms with Crippen LogP contribution in [0.15, 0.2) is 24.3 Å². The van der Waals surface area contributed by atoms with Crippen LogP contribution in [-0.4, -0.2) is 25.8 Å². The summed E-state index contributed by atoms with van der Waals surface area (Å²) in [4.78, 5) is 12.2. The van der Waals surface area contributed by atoms with E-state index in [4.69, 9.17) is 21.1 Å². The Bertz CT molecular complexity index is 834. The van der Waals surface area contributed by atoms with E-state index in [2.05, 4.69) is 16.7 Å². The molecule has 0 fully saturated rings. The molecule has 26 heavy (non-hydrogen) atoms. The maximum atomic E-state index is 12.2. The summed E-state index contributed by atoms with van der Waals surface area (Å²) in [5.41, 5.74) is 5.29. The van der Waals surface area contributed by atoms with Gasteiger partial charge in [-0.3, -0.25) is 0 Å². The highest BCUT2D eigenvalue weighted by atomic mass is 35.5. The van der Waals surface area contributed by atoms with Gasteiger partial charge < -0.3 is 20.1 Å². The number of rotatable bonds is 4. The summed E-state index contributed by atoms with van der Waals surface area (Å²) >= 11 is 5.95. The Morgan fingerprint density at radius 1 is 1.19 bits per heavy atom. The van der Waals surface area contributed by atoms with E-state index in [9.17, 15) is 4.79 Å². The van der Waals surface area contributed by atoms with E-state index in [1.165, 1.54) is 16.7 Å². The number of carbonyl (C=O) groups excluding carboxylic acids is 1. The molecule has 2 aliphatic rings. The van der Waals surface area contributed by atoms with Crippen LogP contribution < -0.4 is 20.1 Å². The van der Waals surface area contributed by atoms with E-state index in [-0.39, 0.29) is 6.03 Å². The molecule has 0 atom stereocenters. The Balaban J connectivity index is 1.40. The number of halogens is 1. The molecule has 4 rings (SSSR count). The van der Waals surface area contributed by atoms with Gasteiger partial charge in [0.05, 0.1) is 13.2 Å². The molecule has 2 heterocycles. The summed E-state index contributed by atoms with van der Waals surface area (Å²) in [7, 11) is 0. The fourth-order valence-corrected chi connectivity index (χ4v) is 3.81. The second kappa shape index (κ2) is 7.08. The van der Waals surface area contributed by atoms with Gasteiger partial charge in [-0.05, 0) is 43.2 Å². The van der Waals surface area contributed by atoms with Crippen molar-refractivity contribution in [2.24, 2.45) is 0 Å². The first-order valence-electron chi connectivity index (χ1n) is 8.86. The molecule has 0 aliphatic carbocycles. The molecule has 2 aromatic rings. The van der Waals surface area contributed by atoms with Crippen LogP contribution in [0.2, 0.25) is 5.02 Å². The molecule has 0 saturated heterocycles. The lowest BCUT2D eigenvalue weighted by Gasteiger charge is -2.14. The molecule has 0 unspecified atom stereocenters. The first-order chi connectivity index (χ1) is 12.6. The van der Waals surface area contributed by atoms with Gasteiger partial charge in [0.1, 0.15) is 11.5 Å². The fraction of sp³-hybridized carbons (Fsp3) is 0.350. The Hall–Kier alpha value is -2.40. The molecule has 2 N–H and O–H groups in total. The number of anilines is 1. The minimum atomic E-state index is -0.225. The van der Waals surface area contributed by atoms with Crippen molar-refractivity contribution in [3.63, 3.8) is 0 Å². The van der Waals surface area contributed by atoms with Gasteiger partial charge in [-0.25, -0.2) is 4.79 Å². The van der Waals surface area contributed by atoms with E-state index in [0.29, 0.717) is 11.6 Å². The highest BCUT2D eigenvalue weighted by Crippen LogP contribution is 2.40. The Kier molecular flexibility index (Phi) is 4.64. The second-order valence-corrected chi connectivity index (χ2v) is 7.04. The lowest BCUT2D eigenvalue weighted by molar-refractivity contribution is 0.252. The smallest absolute Gasteiger partial charge is 0.319 e. The standard InChI is InChI=1S/C20H21ClN2O3/c1-12-10-14(21)2-3-17(12)23-20(24)22-7-4-16-15-6-9-25-18(15)11-13-5-8-26-19(13)16/h2-3,10-11H,4-9H2,1H3,(H2,22,23,24). The first-order valence-corrected chi connectivity index (χ1v) is 9.24. The number of nitrogens with one attached hydrogen (secondary N) is 2. The van der Waals surface area contributed by atoms with Crippen molar-refractivity contribution in [1.82, 2.24) is 5.32 Å². The number of aryl methyl sites for hydroxylation is 1. The lowest BCUT2D eigenvalue weighted by atomic mass is 9.97. The predicted molar refractivity (Wildman–Crippen MR) is 102 cm³/mol. The number of hydrogen-bond donors (Lipinski definition) is 2. The van der Waals surface area contributed by atoms with Crippen LogP contribution in [0.4, 0.5) is 10.5 Å². The van der Waals surface area contributed by atoms with Crippen LogP contribution in [-0.2, 0) is 19.3 Å². The monoisotopic (exact) mass is 372 g/mol. The molecule has 5 nitrogen and oxygen atoms in total. The number of benzene rings is 2. The van der Waals surface area contributed by atoms with Gasteiger partial charge in [0, 0.05) is 46.8 Å². The average molecular weight is 373 g/mol. The number of hydrogen-bond acceptors (Lipinski definition) is 3. The summed E-state index contributed by atoms with van der Waals surface area (Å²) in [5.74, 6) is 1.97. The summed E-state index contributed by atoms with van der Waals surface area (Å²) in [5, 5.41) is 6.44. The molecule has 136 valence electrons. The van der Waals surface area contributed by atoms with Crippen LogP contribution in [0.3, 0.4) is 0 Å². The van der Waals surface area contributed by atoms with Gasteiger partial charge in [0.2, 0.25) is 0 Å². The summed E-state index contributed by atoms with van der Waals surface area (Å²) in [6.07, 6.45) is 2.54. The molecule has 0 saturated carbocycles. The first kappa shape index (κ1) is 17.0. The van der Waals surface area contributed by atoms with E-state index >= 15 is 0 Å². The van der Waals surface area contributed by atoms with Crippen molar-refractivity contribution >= 4 is 23.3 Å². The molecule has 0 aromatic heterocycles. The molecule has 0 bridgehead atoms. The van der Waals surface area contributed by atoms with Crippen molar-refractivity contribution in [3.8, 4) is 11.5 Å². The van der Waals surface area contributed by atoms with Gasteiger partial charge in [-0.1, -0.05) is 11.6 Å². The lowest BCUT2D eigenvalue weighted by Crippen LogP contribution is -2.30. The molecule has 0 radical (unpaired) electrons. The van der Waals surface area contributed by atoms with Crippen LogP contribution >= 0.6 is 11.6 Å². The van der Waals surface area contributed by atoms with Gasteiger partial charge >= 0.3 is 6.03 Å². The normalized spacial score (nSPS) is 14.2. The second-order valence-electron chi connectivity index (χ2n) is 6.61. The molecular weight excluding hydrogens is 352 g/mol. The van der Waals surface area contributed by atoms with Crippen LogP contribution in [0, 0.1) is 6.92 Å². The van der Waals surface area contributed by atoms with Crippen LogP contribution in [0.1, 0.15) is 22.3 Å². The third-order valence-electron chi connectivity index (χ3n) is 4.86. The number of amides is 2. The molecule has 2 amide bonds. The largest absolute Gasteiger partial charge is 0.493 e. The average Bonchev–Trinajstić information content (AvgIpc) is 3.25. The maximum Gasteiger partial charge on any atom is 0.319 e. The zero-order valence-electron chi connectivity index (χ0n) is 14.7. The van der Waals surface area contributed by atoms with E-state index in [0.717, 1.165) is 55.2 Å². The Morgan fingerprint density at radius 2 is 2.04 bits per heavy atom. The Labute approximate surface area is 157 Å². The quantitative estimate of drug-likeness (QED) is 0.856. The van der Waals surface area contributed by atoms with E-state index in [1.54, 1.807) is 12.1 Å². The zero-order chi connectivity index (χ0) is 18.1. The third kappa shape index (κ3) is 3.31. The van der Waals surface area contributed by atoms with E-state index < -0.39 is 0 Å². The minimum Gasteiger partial charge on any atom is -0.493 e. The van der Waals surface area contributed by atoms with Crippen molar-refractivity contribution in [2.45, 2.75) is 26.2 Å². The van der Waals surface area contributed by atoms with Gasteiger partial charge in [0.15, 0.2) is 0 Å². The van der Waals surface area contributed by atoms with E-state index in [1.807, 2.05) is 13.0 Å². The number of ether oxygens (including phenoxy) is 2. The van der Waals surface area contributed by atoms with Crippen molar-refractivity contribution < 1.29 is 14.3 Å². The van der Waals surface area contributed by atoms with Gasteiger partial charge in [-0.2, -0.15) is 0 Å². The number of fused-ring (bicyclic) bond motifs is 2. The van der Waals surface area contributed by atoms with Crippen LogP contribution in [0.5, 0.6) is 11.5 Å². The van der Waals surface area contributed by atoms with Crippen molar-refractivity contribution in [2.75, 3.05) is 25.1 Å². The van der Waals surface area contributed by atoms with Gasteiger partial charge in [-0.15, -0.1) is 0 Å². The van der Waals surface area contributed by atoms with Crippen molar-refractivity contribution in [1.29, 1.82) is 0 Å². The number of carbonyl (C=O) groups is 1. The maximum absolute atomic E-state index is 12.2. The fourth-order valence-electron chi connectivity index (χ4n) is 3.58. The third-order valence-corrected chi connectivity index (χ3v) is 5.09. The summed E-state index contributed by atoms with van der Waals surface area (Å²) in [6.45, 7) is 3.88. The SMILES string of the molecule is Cc1cc(Cl)ccc1NC(=O)NCCc1c2c(cc3c1OCC3)OCC2. The topological polar surface area (TPSA) is 59.6 Å². The molecule has 2 aromatic carbocycles. The molecule has 0 spiro atoms. The molecular formula is C20H21ClN2O3. The summed E-state index contributed by atoms with van der Waals surface area (Å²) in [6, 6.07) is 7.27. The van der Waals surface area contributed by atoms with Gasteiger partial charge in [0.25, 0.3) is 0 Å². The predicted octanol–water partition coefficient (Wildman–Crippen LogP) is 3.88. The minimum absolute atomic E-state index is 0.225. The highest BCUT2D eigenvalue weighted by Gasteiger charge is 2.26. The zero-order valence-corrected chi connectivity index (χ0v) is 15.4. The summed E-state index contributed by atoms with van der Waals surface area (Å²) < 4.78 is 11.6. The highest BCUT2D eigenvalue weighted by molar-refractivity contribution is 6.30.